The van der Waals surface area contributed by atoms with Crippen molar-refractivity contribution in [3.63, 3.8) is 0 Å². The Morgan fingerprint density at radius 2 is 2.12 bits per heavy atom. The summed E-state index contributed by atoms with van der Waals surface area (Å²) in [6.07, 6.45) is -3.72. The molecule has 0 saturated carbocycles. The summed E-state index contributed by atoms with van der Waals surface area (Å²) in [4.78, 5) is 0. The van der Waals surface area contributed by atoms with Crippen molar-refractivity contribution in [3.8, 4) is 0 Å². The Balaban J connectivity index is 2.33. The number of benzene rings is 1. The van der Waals surface area contributed by atoms with Crippen molar-refractivity contribution >= 4 is 0 Å². The van der Waals surface area contributed by atoms with Gasteiger partial charge in [-0.2, -0.15) is 13.2 Å². The van der Waals surface area contributed by atoms with Gasteiger partial charge in [0.05, 0.1) is 5.56 Å². The predicted octanol–water partition coefficient (Wildman–Crippen LogP) is 2.27. The van der Waals surface area contributed by atoms with E-state index >= 15 is 0 Å². The second kappa shape index (κ2) is 4.66. The molecule has 1 atom stereocenters. The minimum Gasteiger partial charge on any atom is -0.396 e. The Kier molecular flexibility index (Phi) is 3.40. The molecule has 2 nitrogen and oxygen atoms in total. The highest BCUT2D eigenvalue weighted by atomic mass is 19.4. The summed E-state index contributed by atoms with van der Waals surface area (Å²) in [6, 6.07) is 3.86. The van der Waals surface area contributed by atoms with Crippen molar-refractivity contribution in [2.24, 2.45) is 0 Å². The maximum atomic E-state index is 12.5. The molecule has 0 fully saturated rings. The van der Waals surface area contributed by atoms with Gasteiger partial charge >= 0.3 is 6.18 Å². The lowest BCUT2D eigenvalue weighted by molar-refractivity contribution is -0.137. The third-order valence-electron chi connectivity index (χ3n) is 3.09. The molecule has 0 spiro atoms. The molecule has 0 saturated heterocycles. The molecule has 17 heavy (non-hydrogen) atoms. The summed E-state index contributed by atoms with van der Waals surface area (Å²) in [6.45, 7) is 1.22. The molecule has 0 radical (unpaired) electrons. The highest BCUT2D eigenvalue weighted by Crippen LogP contribution is 2.34. The van der Waals surface area contributed by atoms with Gasteiger partial charge in [-0.05, 0) is 35.6 Å². The van der Waals surface area contributed by atoms with E-state index in [1.807, 2.05) is 0 Å². The zero-order valence-electron chi connectivity index (χ0n) is 9.22. The maximum Gasteiger partial charge on any atom is 0.416 e. The van der Waals surface area contributed by atoms with Crippen molar-refractivity contribution in [1.82, 2.24) is 5.32 Å². The van der Waals surface area contributed by atoms with E-state index in [4.69, 9.17) is 5.11 Å². The first-order valence-electron chi connectivity index (χ1n) is 5.54. The maximum absolute atomic E-state index is 12.5. The van der Waals surface area contributed by atoms with Crippen LogP contribution in [0.15, 0.2) is 18.2 Å². The first kappa shape index (κ1) is 12.4. The number of aliphatic hydroxyl groups excluding tert-OH is 1. The van der Waals surface area contributed by atoms with Crippen LogP contribution in [0, 0.1) is 0 Å². The quantitative estimate of drug-likeness (QED) is 0.837. The van der Waals surface area contributed by atoms with Crippen LogP contribution in [-0.2, 0) is 12.7 Å². The van der Waals surface area contributed by atoms with Crippen molar-refractivity contribution in [2.75, 3.05) is 13.2 Å². The fraction of sp³-hybridized carbons (Fsp3) is 0.500. The fourth-order valence-electron chi connectivity index (χ4n) is 2.24. The summed E-state index contributed by atoms with van der Waals surface area (Å²) in [5.74, 6) is 0.103. The zero-order valence-corrected chi connectivity index (χ0v) is 9.22. The van der Waals surface area contributed by atoms with Crippen LogP contribution in [0.2, 0.25) is 0 Å². The Morgan fingerprint density at radius 3 is 2.76 bits per heavy atom. The number of nitrogens with one attached hydrogen (secondary N) is 1. The zero-order chi connectivity index (χ0) is 12.5. The predicted molar refractivity (Wildman–Crippen MR) is 57.6 cm³/mol. The number of hydrogen-bond donors (Lipinski definition) is 2. The fourth-order valence-corrected chi connectivity index (χ4v) is 2.24. The summed E-state index contributed by atoms with van der Waals surface area (Å²) >= 11 is 0. The molecule has 0 amide bonds. The van der Waals surface area contributed by atoms with Crippen molar-refractivity contribution in [1.29, 1.82) is 0 Å². The van der Waals surface area contributed by atoms with Crippen LogP contribution in [0.25, 0.3) is 0 Å². The summed E-state index contributed by atoms with van der Waals surface area (Å²) < 4.78 is 37.6. The highest BCUT2D eigenvalue weighted by Gasteiger charge is 2.32. The molecule has 1 unspecified atom stereocenters. The molecule has 1 aromatic carbocycles. The van der Waals surface area contributed by atoms with E-state index in [0.717, 1.165) is 11.6 Å². The first-order chi connectivity index (χ1) is 8.02. The lowest BCUT2D eigenvalue weighted by atomic mass is 9.87. The first-order valence-corrected chi connectivity index (χ1v) is 5.54. The Morgan fingerprint density at radius 1 is 1.35 bits per heavy atom. The molecule has 1 aromatic rings. The second-order valence-corrected chi connectivity index (χ2v) is 4.25. The lowest BCUT2D eigenvalue weighted by Crippen LogP contribution is -2.29. The van der Waals surface area contributed by atoms with E-state index in [9.17, 15) is 13.2 Å². The van der Waals surface area contributed by atoms with E-state index in [1.165, 1.54) is 6.07 Å². The topological polar surface area (TPSA) is 32.3 Å². The molecule has 0 bridgehead atoms. The third kappa shape index (κ3) is 2.61. The molecule has 94 valence electrons. The Hall–Kier alpha value is -1.07. The van der Waals surface area contributed by atoms with Crippen LogP contribution in [0.5, 0.6) is 0 Å². The van der Waals surface area contributed by atoms with E-state index in [1.54, 1.807) is 6.07 Å². The van der Waals surface area contributed by atoms with Gasteiger partial charge in [-0.3, -0.25) is 0 Å². The van der Waals surface area contributed by atoms with Gasteiger partial charge in [-0.1, -0.05) is 6.07 Å². The standard InChI is InChI=1S/C12H14F3NO/c13-12(14,15)10-1-2-11-8(3-4-17)6-16-7-9(11)5-10/h1-2,5,8,16-17H,3-4,6-7H2. The molecule has 5 heteroatoms. The van der Waals surface area contributed by atoms with E-state index in [0.29, 0.717) is 25.1 Å². The van der Waals surface area contributed by atoms with Crippen molar-refractivity contribution in [3.05, 3.63) is 34.9 Å². The van der Waals surface area contributed by atoms with Gasteiger partial charge < -0.3 is 10.4 Å². The minimum atomic E-state index is -4.29. The number of hydrogen-bond acceptors (Lipinski definition) is 2. The summed E-state index contributed by atoms with van der Waals surface area (Å²) in [5.41, 5.74) is 0.998. The van der Waals surface area contributed by atoms with Crippen LogP contribution >= 0.6 is 0 Å². The van der Waals surface area contributed by atoms with Gasteiger partial charge in [-0.15, -0.1) is 0 Å². The molecule has 2 rings (SSSR count). The van der Waals surface area contributed by atoms with Crippen LogP contribution in [0.3, 0.4) is 0 Å². The van der Waals surface area contributed by atoms with Crippen LogP contribution in [-0.4, -0.2) is 18.3 Å². The normalized spacial score (nSPS) is 20.1. The highest BCUT2D eigenvalue weighted by molar-refractivity contribution is 5.37. The van der Waals surface area contributed by atoms with Crippen molar-refractivity contribution in [2.45, 2.75) is 25.1 Å². The van der Waals surface area contributed by atoms with E-state index < -0.39 is 11.7 Å². The smallest absolute Gasteiger partial charge is 0.396 e. The third-order valence-corrected chi connectivity index (χ3v) is 3.09. The van der Waals surface area contributed by atoms with Gasteiger partial charge in [-0.25, -0.2) is 0 Å². The van der Waals surface area contributed by atoms with Crippen LogP contribution in [0.1, 0.15) is 29.0 Å². The molecular weight excluding hydrogens is 231 g/mol. The summed E-state index contributed by atoms with van der Waals surface area (Å²) in [7, 11) is 0. The number of aliphatic hydroxyl groups is 1. The Bertz CT molecular complexity index is 403. The largest absolute Gasteiger partial charge is 0.416 e. The Labute approximate surface area is 97.5 Å². The number of halogens is 3. The molecule has 1 heterocycles. The van der Waals surface area contributed by atoms with Gasteiger partial charge in [0.1, 0.15) is 0 Å². The average Bonchev–Trinajstić information content (AvgIpc) is 2.28. The van der Waals surface area contributed by atoms with Crippen LogP contribution in [0.4, 0.5) is 13.2 Å². The number of fused-ring (bicyclic) bond motifs is 1. The van der Waals surface area contributed by atoms with Crippen molar-refractivity contribution < 1.29 is 18.3 Å². The molecule has 0 aromatic heterocycles. The van der Waals surface area contributed by atoms with Gasteiger partial charge in [0, 0.05) is 19.7 Å². The molecule has 1 aliphatic heterocycles. The van der Waals surface area contributed by atoms with Crippen LogP contribution < -0.4 is 5.32 Å². The van der Waals surface area contributed by atoms with E-state index in [-0.39, 0.29) is 12.5 Å². The second-order valence-electron chi connectivity index (χ2n) is 4.25. The van der Waals surface area contributed by atoms with E-state index in [2.05, 4.69) is 5.32 Å². The van der Waals surface area contributed by atoms with Gasteiger partial charge in [0.25, 0.3) is 0 Å². The molecular formula is C12H14F3NO. The lowest BCUT2D eigenvalue weighted by Gasteiger charge is -2.26. The monoisotopic (exact) mass is 245 g/mol. The molecule has 0 aliphatic carbocycles. The average molecular weight is 245 g/mol. The molecule has 2 N–H and O–H groups in total. The van der Waals surface area contributed by atoms with Gasteiger partial charge in [0.2, 0.25) is 0 Å². The van der Waals surface area contributed by atoms with Gasteiger partial charge in [0.15, 0.2) is 0 Å². The number of rotatable bonds is 2. The SMILES string of the molecule is OCCC1CNCc2cc(C(F)(F)F)ccc21. The summed E-state index contributed by atoms with van der Waals surface area (Å²) in [5, 5.41) is 12.0. The molecule has 1 aliphatic rings. The number of alkyl halides is 3. The minimum absolute atomic E-state index is 0.0484.